The van der Waals surface area contributed by atoms with Crippen LogP contribution in [0.5, 0.6) is 11.5 Å². The van der Waals surface area contributed by atoms with Crippen LogP contribution in [0.25, 0.3) is 0 Å². The van der Waals surface area contributed by atoms with Crippen molar-refractivity contribution in [1.82, 2.24) is 0 Å². The number of hydrogen-bond acceptors (Lipinski definition) is 4. The molecule has 0 radical (unpaired) electrons. The Balaban J connectivity index is 0.000000254. The summed E-state index contributed by atoms with van der Waals surface area (Å²) >= 11 is 0. The lowest BCUT2D eigenvalue weighted by Gasteiger charge is -2.08. The molecule has 2 aromatic rings. The van der Waals surface area contributed by atoms with Gasteiger partial charge < -0.3 is 14.6 Å². The van der Waals surface area contributed by atoms with Crippen LogP contribution in [0.1, 0.15) is 27.0 Å². The Bertz CT molecular complexity index is 707. The smallest absolute Gasteiger partial charge is 0.307 e. The van der Waals surface area contributed by atoms with E-state index in [1.54, 1.807) is 18.2 Å². The van der Waals surface area contributed by atoms with Crippen molar-refractivity contribution in [3.05, 3.63) is 58.7 Å². The zero-order chi connectivity index (χ0) is 18.1. The molecule has 0 fully saturated rings. The predicted molar refractivity (Wildman–Crippen MR) is 92.2 cm³/mol. The van der Waals surface area contributed by atoms with E-state index in [9.17, 15) is 9.59 Å². The summed E-state index contributed by atoms with van der Waals surface area (Å²) in [5, 5.41) is 8.58. The van der Waals surface area contributed by atoms with Crippen LogP contribution in [0.3, 0.4) is 0 Å². The molecule has 0 bridgehead atoms. The van der Waals surface area contributed by atoms with Gasteiger partial charge in [0.2, 0.25) is 0 Å². The molecule has 0 saturated carbocycles. The molecule has 0 heterocycles. The highest BCUT2D eigenvalue weighted by molar-refractivity contribution is 5.75. The highest BCUT2D eigenvalue weighted by atomic mass is 16.5. The van der Waals surface area contributed by atoms with Crippen LogP contribution < -0.4 is 9.47 Å². The SMILES string of the molecule is COc1ccc(CC(=O)O)cc1OC.Cc1ccc(C=O)cc1C. The van der Waals surface area contributed by atoms with Crippen LogP contribution in [0.4, 0.5) is 0 Å². The number of carbonyl (C=O) groups excluding carboxylic acids is 1. The van der Waals surface area contributed by atoms with Crippen molar-refractivity contribution in [2.75, 3.05) is 14.2 Å². The topological polar surface area (TPSA) is 72.8 Å². The van der Waals surface area contributed by atoms with E-state index < -0.39 is 5.97 Å². The Hall–Kier alpha value is -2.82. The fourth-order valence-corrected chi connectivity index (χ4v) is 2.00. The van der Waals surface area contributed by atoms with E-state index in [1.807, 2.05) is 32.0 Å². The Kier molecular flexibility index (Phi) is 7.49. The van der Waals surface area contributed by atoms with Crippen LogP contribution >= 0.6 is 0 Å². The van der Waals surface area contributed by atoms with Gasteiger partial charge in [-0.1, -0.05) is 18.2 Å². The minimum atomic E-state index is -0.864. The maximum absolute atomic E-state index is 10.5. The van der Waals surface area contributed by atoms with Gasteiger partial charge in [0.05, 0.1) is 20.6 Å². The largest absolute Gasteiger partial charge is 0.493 e. The number of rotatable bonds is 5. The molecule has 128 valence electrons. The molecular weight excluding hydrogens is 308 g/mol. The van der Waals surface area contributed by atoms with Gasteiger partial charge in [-0.05, 0) is 48.7 Å². The van der Waals surface area contributed by atoms with Crippen molar-refractivity contribution in [2.45, 2.75) is 20.3 Å². The van der Waals surface area contributed by atoms with Gasteiger partial charge in [0.1, 0.15) is 6.29 Å². The second-order valence-electron chi connectivity index (χ2n) is 5.22. The first-order valence-corrected chi connectivity index (χ1v) is 7.36. The van der Waals surface area contributed by atoms with Crippen molar-refractivity contribution in [1.29, 1.82) is 0 Å². The van der Waals surface area contributed by atoms with Crippen molar-refractivity contribution in [3.63, 3.8) is 0 Å². The minimum Gasteiger partial charge on any atom is -0.493 e. The summed E-state index contributed by atoms with van der Waals surface area (Å²) in [6.07, 6.45) is 0.854. The summed E-state index contributed by atoms with van der Waals surface area (Å²) in [7, 11) is 3.05. The number of ether oxygens (including phenoxy) is 2. The van der Waals surface area contributed by atoms with E-state index in [0.29, 0.717) is 17.1 Å². The van der Waals surface area contributed by atoms with Gasteiger partial charge in [0.25, 0.3) is 0 Å². The molecule has 0 aromatic heterocycles. The van der Waals surface area contributed by atoms with Crippen molar-refractivity contribution in [3.8, 4) is 11.5 Å². The first-order chi connectivity index (χ1) is 11.4. The van der Waals surface area contributed by atoms with Gasteiger partial charge in [-0.3, -0.25) is 9.59 Å². The number of aldehydes is 1. The average Bonchev–Trinajstić information content (AvgIpc) is 2.57. The van der Waals surface area contributed by atoms with Gasteiger partial charge >= 0.3 is 5.97 Å². The van der Waals surface area contributed by atoms with E-state index in [2.05, 4.69) is 0 Å². The molecule has 5 nitrogen and oxygen atoms in total. The Labute approximate surface area is 141 Å². The number of methoxy groups -OCH3 is 2. The summed E-state index contributed by atoms with van der Waals surface area (Å²) in [6.45, 7) is 4.03. The summed E-state index contributed by atoms with van der Waals surface area (Å²) in [5.74, 6) is 0.283. The molecule has 0 unspecified atom stereocenters. The number of benzene rings is 2. The molecule has 0 aliphatic carbocycles. The zero-order valence-electron chi connectivity index (χ0n) is 14.3. The molecule has 2 aromatic carbocycles. The van der Waals surface area contributed by atoms with E-state index >= 15 is 0 Å². The van der Waals surface area contributed by atoms with Gasteiger partial charge in [-0.2, -0.15) is 0 Å². The molecule has 1 N–H and O–H groups in total. The molecule has 24 heavy (non-hydrogen) atoms. The van der Waals surface area contributed by atoms with Crippen LogP contribution in [0.2, 0.25) is 0 Å². The fourth-order valence-electron chi connectivity index (χ4n) is 2.00. The van der Waals surface area contributed by atoms with Gasteiger partial charge in [-0.15, -0.1) is 0 Å². The number of hydrogen-bond donors (Lipinski definition) is 1. The first kappa shape index (κ1) is 19.2. The highest BCUT2D eigenvalue weighted by Crippen LogP contribution is 2.27. The van der Waals surface area contributed by atoms with Crippen molar-refractivity contribution < 1.29 is 24.2 Å². The third-order valence-electron chi connectivity index (χ3n) is 3.47. The van der Waals surface area contributed by atoms with Gasteiger partial charge in [0.15, 0.2) is 11.5 Å². The molecular formula is C19H22O5. The normalized spacial score (nSPS) is 9.50. The van der Waals surface area contributed by atoms with E-state index in [-0.39, 0.29) is 6.42 Å². The Morgan fingerprint density at radius 2 is 1.67 bits per heavy atom. The second kappa shape index (κ2) is 9.35. The lowest BCUT2D eigenvalue weighted by Crippen LogP contribution is -2.00. The standard InChI is InChI=1S/C10H12O4.C9H10O/c1-13-8-4-3-7(6-10(11)12)5-9(8)14-2;1-7-3-4-9(6-10)5-8(7)2/h3-5H,6H2,1-2H3,(H,11,12);3-6H,1-2H3. The van der Waals surface area contributed by atoms with Crippen LogP contribution in [-0.4, -0.2) is 31.6 Å². The van der Waals surface area contributed by atoms with Crippen LogP contribution in [0, 0.1) is 13.8 Å². The van der Waals surface area contributed by atoms with Crippen molar-refractivity contribution >= 4 is 12.3 Å². The van der Waals surface area contributed by atoms with Crippen molar-refractivity contribution in [2.24, 2.45) is 0 Å². The molecule has 0 amide bonds. The molecule has 0 saturated heterocycles. The van der Waals surface area contributed by atoms with Crippen LogP contribution in [0.15, 0.2) is 36.4 Å². The number of carbonyl (C=O) groups is 2. The van der Waals surface area contributed by atoms with E-state index in [1.165, 1.54) is 25.3 Å². The monoisotopic (exact) mass is 330 g/mol. The second-order valence-corrected chi connectivity index (χ2v) is 5.22. The zero-order valence-corrected chi connectivity index (χ0v) is 14.3. The maximum Gasteiger partial charge on any atom is 0.307 e. The number of aliphatic carboxylic acids is 1. The molecule has 0 atom stereocenters. The number of carboxylic acids is 1. The summed E-state index contributed by atoms with van der Waals surface area (Å²) < 4.78 is 10.1. The maximum atomic E-state index is 10.5. The molecule has 0 aliphatic rings. The summed E-state index contributed by atoms with van der Waals surface area (Å²) in [6, 6.07) is 10.7. The quantitative estimate of drug-likeness (QED) is 0.850. The van der Waals surface area contributed by atoms with Gasteiger partial charge in [-0.25, -0.2) is 0 Å². The number of carboxylic acid groups (broad SMARTS) is 1. The summed E-state index contributed by atoms with van der Waals surface area (Å²) in [4.78, 5) is 20.7. The molecule has 0 spiro atoms. The lowest BCUT2D eigenvalue weighted by molar-refractivity contribution is -0.136. The minimum absolute atomic E-state index is 0.0135. The predicted octanol–water partition coefficient (Wildman–Crippen LogP) is 3.45. The third-order valence-corrected chi connectivity index (χ3v) is 3.47. The lowest BCUT2D eigenvalue weighted by atomic mass is 10.1. The molecule has 0 aliphatic heterocycles. The first-order valence-electron chi connectivity index (χ1n) is 7.36. The van der Waals surface area contributed by atoms with E-state index in [0.717, 1.165) is 11.8 Å². The van der Waals surface area contributed by atoms with Gasteiger partial charge in [0, 0.05) is 5.56 Å². The Morgan fingerprint density at radius 1 is 1.00 bits per heavy atom. The van der Waals surface area contributed by atoms with Crippen LogP contribution in [-0.2, 0) is 11.2 Å². The third kappa shape index (κ3) is 5.76. The molecule has 5 heteroatoms. The fraction of sp³-hybridized carbons (Fsp3) is 0.263. The van der Waals surface area contributed by atoms with E-state index in [4.69, 9.17) is 14.6 Å². The number of aryl methyl sites for hydroxylation is 2. The Morgan fingerprint density at radius 3 is 2.17 bits per heavy atom. The highest BCUT2D eigenvalue weighted by Gasteiger charge is 2.06. The molecule has 2 rings (SSSR count). The summed E-state index contributed by atoms with van der Waals surface area (Å²) in [5.41, 5.74) is 3.84. The average molecular weight is 330 g/mol.